The van der Waals surface area contributed by atoms with Crippen molar-refractivity contribution < 1.29 is 31.0 Å². The first-order valence-corrected chi connectivity index (χ1v) is 9.90. The number of aromatic hydroxyl groups is 1. The van der Waals surface area contributed by atoms with Crippen LogP contribution in [0.2, 0.25) is 0 Å². The Bertz CT molecular complexity index is 1300. The van der Waals surface area contributed by atoms with Crippen LogP contribution in [0.25, 0.3) is 10.8 Å². The van der Waals surface area contributed by atoms with E-state index in [1.807, 2.05) is 0 Å². The number of fused-ring (bicyclic) bond motifs is 1. The summed E-state index contributed by atoms with van der Waals surface area (Å²) in [4.78, 5) is 1.26. The lowest BCUT2D eigenvalue weighted by molar-refractivity contribution is 0.445. The molecule has 142 valence electrons. The van der Waals surface area contributed by atoms with Gasteiger partial charge in [0.15, 0.2) is 5.75 Å². The van der Waals surface area contributed by atoms with Gasteiger partial charge in [0.05, 0.1) is 4.90 Å². The molecule has 3 rings (SSSR count). The van der Waals surface area contributed by atoms with Gasteiger partial charge in [0.1, 0.15) is 16.4 Å². The van der Waals surface area contributed by atoms with Crippen molar-refractivity contribution in [1.82, 2.24) is 15.2 Å². The highest BCUT2D eigenvalue weighted by molar-refractivity contribution is 7.86. The average Bonchev–Trinajstić information content (AvgIpc) is 2.96. The van der Waals surface area contributed by atoms with Crippen LogP contribution in [0.3, 0.4) is 0 Å². The van der Waals surface area contributed by atoms with Gasteiger partial charge in [0, 0.05) is 5.39 Å². The highest BCUT2D eigenvalue weighted by atomic mass is 32.2. The van der Waals surface area contributed by atoms with Crippen LogP contribution < -0.4 is 0 Å². The van der Waals surface area contributed by atoms with E-state index in [-0.39, 0.29) is 16.7 Å². The van der Waals surface area contributed by atoms with E-state index in [9.17, 15) is 31.0 Å². The number of rotatable bonds is 4. The van der Waals surface area contributed by atoms with E-state index >= 15 is 0 Å². The fourth-order valence-electron chi connectivity index (χ4n) is 2.26. The summed E-state index contributed by atoms with van der Waals surface area (Å²) in [6.07, 6.45) is 0. The maximum absolute atomic E-state index is 11.5. The Balaban J connectivity index is 2.34. The maximum atomic E-state index is 11.5. The van der Waals surface area contributed by atoms with Crippen LogP contribution in [0.4, 0.5) is 11.6 Å². The zero-order chi connectivity index (χ0) is 20.0. The highest BCUT2D eigenvalue weighted by Crippen LogP contribution is 2.41. The van der Waals surface area contributed by atoms with E-state index in [2.05, 4.69) is 25.4 Å². The molecule has 12 nitrogen and oxygen atoms in total. The van der Waals surface area contributed by atoms with Crippen molar-refractivity contribution in [1.29, 1.82) is 0 Å². The molecule has 0 bridgehead atoms. The molecule has 0 aliphatic carbocycles. The van der Waals surface area contributed by atoms with Crippen LogP contribution in [0.15, 0.2) is 44.3 Å². The molecule has 0 saturated heterocycles. The molecule has 3 aromatic rings. The van der Waals surface area contributed by atoms with Crippen molar-refractivity contribution in [2.75, 3.05) is 0 Å². The van der Waals surface area contributed by atoms with Gasteiger partial charge in [-0.2, -0.15) is 16.8 Å². The number of phenolic OH excluding ortho intramolecular Hbond substituents is 1. The monoisotopic (exact) mass is 413 g/mol. The van der Waals surface area contributed by atoms with Gasteiger partial charge in [-0.05, 0) is 30.5 Å². The summed E-state index contributed by atoms with van der Waals surface area (Å²) in [5, 5.41) is 24.9. The molecule has 0 saturated carbocycles. The van der Waals surface area contributed by atoms with E-state index in [4.69, 9.17) is 0 Å². The van der Waals surface area contributed by atoms with E-state index in [1.165, 1.54) is 6.07 Å². The van der Waals surface area contributed by atoms with Gasteiger partial charge in [0.25, 0.3) is 26.2 Å². The summed E-state index contributed by atoms with van der Waals surface area (Å²) >= 11 is 0. The number of hydrogen-bond donors (Lipinski definition) is 4. The van der Waals surface area contributed by atoms with Crippen molar-refractivity contribution >= 4 is 42.6 Å². The summed E-state index contributed by atoms with van der Waals surface area (Å²) in [6, 6.07) is 4.08. The molecule has 0 aliphatic heterocycles. The molecule has 0 atom stereocenters. The van der Waals surface area contributed by atoms with Crippen LogP contribution in [0, 0.1) is 6.92 Å². The second-order valence-corrected chi connectivity index (χ2v) is 8.15. The van der Waals surface area contributed by atoms with Gasteiger partial charge in [-0.15, -0.1) is 20.4 Å². The van der Waals surface area contributed by atoms with Crippen molar-refractivity contribution in [3.8, 4) is 5.75 Å². The normalized spacial score (nSPS) is 12.9. The van der Waals surface area contributed by atoms with Crippen LogP contribution in [-0.2, 0) is 20.2 Å². The summed E-state index contributed by atoms with van der Waals surface area (Å²) in [5.41, 5.74) is -0.459. The SMILES string of the molecule is Cc1nnc(/N=N/c2c(O)c(S(=O)(=O)O)cc3ccc(S(=O)(=O)O)cc23)[nH]1. The molecular weight excluding hydrogens is 402 g/mol. The number of aromatic amines is 1. The van der Waals surface area contributed by atoms with E-state index in [0.29, 0.717) is 5.82 Å². The second kappa shape index (κ2) is 6.34. The average molecular weight is 413 g/mol. The van der Waals surface area contributed by atoms with Crippen molar-refractivity contribution in [3.63, 3.8) is 0 Å². The smallest absolute Gasteiger partial charge is 0.298 e. The summed E-state index contributed by atoms with van der Waals surface area (Å²) in [5.74, 6) is -0.612. The molecule has 2 aromatic carbocycles. The Kier molecular flexibility index (Phi) is 4.43. The van der Waals surface area contributed by atoms with Crippen LogP contribution in [-0.4, -0.2) is 46.2 Å². The quantitative estimate of drug-likeness (QED) is 0.364. The largest absolute Gasteiger partial charge is 0.504 e. The predicted octanol–water partition coefficient (Wildman–Crippen LogP) is 1.88. The number of nitrogens with one attached hydrogen (secondary N) is 1. The third-order valence-electron chi connectivity index (χ3n) is 3.43. The van der Waals surface area contributed by atoms with E-state index < -0.39 is 41.5 Å². The molecule has 0 fully saturated rings. The predicted molar refractivity (Wildman–Crippen MR) is 90.5 cm³/mol. The van der Waals surface area contributed by atoms with Gasteiger partial charge in [-0.3, -0.25) is 9.11 Å². The topological polar surface area (TPSA) is 195 Å². The van der Waals surface area contributed by atoms with Gasteiger partial charge in [-0.1, -0.05) is 6.07 Å². The van der Waals surface area contributed by atoms with Crippen LogP contribution >= 0.6 is 0 Å². The fourth-order valence-corrected chi connectivity index (χ4v) is 3.38. The minimum atomic E-state index is -4.82. The Labute approximate surface area is 152 Å². The lowest BCUT2D eigenvalue weighted by Crippen LogP contribution is -2.00. The van der Waals surface area contributed by atoms with Crippen LogP contribution in [0.1, 0.15) is 5.82 Å². The first kappa shape index (κ1) is 18.8. The number of hydrogen-bond acceptors (Lipinski definition) is 9. The number of aromatic nitrogens is 3. The Morgan fingerprint density at radius 3 is 2.26 bits per heavy atom. The summed E-state index contributed by atoms with van der Waals surface area (Å²) in [7, 11) is -9.40. The zero-order valence-corrected chi connectivity index (χ0v) is 15.0. The fraction of sp³-hybridized carbons (Fsp3) is 0.0769. The molecule has 1 heterocycles. The molecule has 14 heteroatoms. The molecule has 4 N–H and O–H groups in total. The molecule has 27 heavy (non-hydrogen) atoms. The molecule has 0 amide bonds. The third kappa shape index (κ3) is 3.77. The maximum Gasteiger partial charge on any atom is 0.298 e. The van der Waals surface area contributed by atoms with Gasteiger partial charge in [0.2, 0.25) is 0 Å². The minimum absolute atomic E-state index is 0.0463. The second-order valence-electron chi connectivity index (χ2n) is 5.34. The van der Waals surface area contributed by atoms with Crippen molar-refractivity contribution in [2.45, 2.75) is 16.7 Å². The van der Waals surface area contributed by atoms with Crippen molar-refractivity contribution in [3.05, 3.63) is 30.1 Å². The van der Waals surface area contributed by atoms with E-state index in [0.717, 1.165) is 18.2 Å². The summed E-state index contributed by atoms with van der Waals surface area (Å²) < 4.78 is 64.2. The molecule has 0 aliphatic rings. The van der Waals surface area contributed by atoms with Gasteiger partial charge in [-0.25, -0.2) is 0 Å². The number of azo groups is 1. The molecule has 0 unspecified atom stereocenters. The lowest BCUT2D eigenvalue weighted by atomic mass is 10.1. The standard InChI is InChI=1S/C13H11N5O7S2/c1-6-14-13(17-15-6)18-16-11-9-5-8(26(20,21)22)3-2-7(9)4-10(12(11)19)27(23,24)25/h2-5,19H,1H3,(H,14,15,17)(H,20,21,22)(H,23,24,25)/b18-16+. The van der Waals surface area contributed by atoms with E-state index in [1.54, 1.807) is 6.92 Å². The number of benzene rings is 2. The van der Waals surface area contributed by atoms with Crippen LogP contribution in [0.5, 0.6) is 5.75 Å². The number of aryl methyl sites for hydroxylation is 1. The lowest BCUT2D eigenvalue weighted by Gasteiger charge is -2.09. The molecular formula is C13H11N5O7S2. The first-order chi connectivity index (χ1) is 12.5. The molecule has 0 spiro atoms. The molecule has 0 radical (unpaired) electrons. The number of phenols is 1. The van der Waals surface area contributed by atoms with Gasteiger partial charge < -0.3 is 10.1 Å². The van der Waals surface area contributed by atoms with Gasteiger partial charge >= 0.3 is 0 Å². The zero-order valence-electron chi connectivity index (χ0n) is 13.4. The Morgan fingerprint density at radius 1 is 1.00 bits per heavy atom. The first-order valence-electron chi connectivity index (χ1n) is 7.02. The Morgan fingerprint density at radius 2 is 1.70 bits per heavy atom. The van der Waals surface area contributed by atoms with Crippen molar-refractivity contribution in [2.24, 2.45) is 10.2 Å². The molecule has 1 aromatic heterocycles. The number of H-pyrrole nitrogens is 1. The highest BCUT2D eigenvalue weighted by Gasteiger charge is 2.23. The Hall–Kier alpha value is -2.94. The summed E-state index contributed by atoms with van der Waals surface area (Å²) in [6.45, 7) is 1.59. The minimum Gasteiger partial charge on any atom is -0.504 e. The number of nitrogens with zero attached hydrogens (tertiary/aromatic N) is 4. The third-order valence-corrected chi connectivity index (χ3v) is 5.15.